The van der Waals surface area contributed by atoms with Crippen molar-refractivity contribution in [2.75, 3.05) is 18.4 Å². The summed E-state index contributed by atoms with van der Waals surface area (Å²) in [6.07, 6.45) is 7.51. The van der Waals surface area contributed by atoms with Gasteiger partial charge in [-0.1, -0.05) is 6.92 Å². The predicted molar refractivity (Wildman–Crippen MR) is 119 cm³/mol. The molecule has 29 heavy (non-hydrogen) atoms. The number of hydrogen-bond acceptors (Lipinski definition) is 3. The van der Waals surface area contributed by atoms with Gasteiger partial charge in [-0.05, 0) is 81.0 Å². The lowest BCUT2D eigenvalue weighted by Gasteiger charge is -2.30. The van der Waals surface area contributed by atoms with E-state index in [9.17, 15) is 9.59 Å². The van der Waals surface area contributed by atoms with E-state index in [0.29, 0.717) is 30.3 Å². The molecular formula is C23H34ClN3O2. The van der Waals surface area contributed by atoms with Crippen molar-refractivity contribution in [1.29, 1.82) is 0 Å². The molecule has 2 N–H and O–H groups in total. The van der Waals surface area contributed by atoms with Crippen molar-refractivity contribution in [1.82, 2.24) is 10.2 Å². The number of rotatable bonds is 4. The van der Waals surface area contributed by atoms with Gasteiger partial charge in [0.25, 0.3) is 5.91 Å². The van der Waals surface area contributed by atoms with E-state index in [-0.39, 0.29) is 24.2 Å². The van der Waals surface area contributed by atoms with E-state index >= 15 is 0 Å². The van der Waals surface area contributed by atoms with E-state index in [4.69, 9.17) is 0 Å². The van der Waals surface area contributed by atoms with Gasteiger partial charge in [-0.3, -0.25) is 9.59 Å². The fourth-order valence-electron chi connectivity index (χ4n) is 5.14. The summed E-state index contributed by atoms with van der Waals surface area (Å²) < 4.78 is 0. The number of halogens is 1. The summed E-state index contributed by atoms with van der Waals surface area (Å²) in [5.74, 6) is 1.40. The normalized spacial score (nSPS) is 26.7. The fraction of sp³-hybridized carbons (Fsp3) is 0.652. The lowest BCUT2D eigenvalue weighted by molar-refractivity contribution is -0.117. The summed E-state index contributed by atoms with van der Waals surface area (Å²) in [5.41, 5.74) is 2.50. The standard InChI is InChI=1S/C23H33N3O2.ClH/c1-15-7-9-26(10-8-15)23(28)18-3-6-21(16(2)11-18)25-22(27)14-17-12-19-4-5-20(13-17)24-19;/h3,6,11,15,17,19-20,24H,4-5,7-10,12-14H2,1-2H3,(H,25,27);1H. The molecule has 3 aliphatic rings. The molecule has 3 fully saturated rings. The Morgan fingerprint density at radius 2 is 1.76 bits per heavy atom. The van der Waals surface area contributed by atoms with Gasteiger partial charge in [0.15, 0.2) is 0 Å². The van der Waals surface area contributed by atoms with Crippen LogP contribution in [-0.2, 0) is 4.79 Å². The number of hydrogen-bond donors (Lipinski definition) is 2. The number of carbonyl (C=O) groups excluding carboxylic acids is 2. The molecule has 5 nitrogen and oxygen atoms in total. The Balaban J connectivity index is 0.00000240. The molecule has 2 bridgehead atoms. The highest BCUT2D eigenvalue weighted by Gasteiger charge is 2.34. The van der Waals surface area contributed by atoms with Crippen LogP contribution in [0.25, 0.3) is 0 Å². The summed E-state index contributed by atoms with van der Waals surface area (Å²) >= 11 is 0. The molecule has 0 radical (unpaired) electrons. The molecule has 2 amide bonds. The van der Waals surface area contributed by atoms with Crippen molar-refractivity contribution < 1.29 is 9.59 Å². The minimum absolute atomic E-state index is 0. The van der Waals surface area contributed by atoms with Crippen LogP contribution < -0.4 is 10.6 Å². The van der Waals surface area contributed by atoms with Crippen molar-refractivity contribution in [2.24, 2.45) is 11.8 Å². The number of carbonyl (C=O) groups is 2. The van der Waals surface area contributed by atoms with Gasteiger partial charge in [0.1, 0.15) is 0 Å². The first-order valence-electron chi connectivity index (χ1n) is 10.9. The van der Waals surface area contributed by atoms with Gasteiger partial charge in [0.2, 0.25) is 5.91 Å². The molecule has 3 aliphatic heterocycles. The number of benzene rings is 1. The third kappa shape index (κ3) is 5.32. The van der Waals surface area contributed by atoms with Crippen LogP contribution >= 0.6 is 12.4 Å². The minimum atomic E-state index is 0. The average molecular weight is 420 g/mol. The van der Waals surface area contributed by atoms with Crippen molar-refractivity contribution >= 4 is 29.9 Å². The summed E-state index contributed by atoms with van der Waals surface area (Å²) in [6.45, 7) is 5.90. The highest BCUT2D eigenvalue weighted by Crippen LogP contribution is 2.33. The molecule has 0 aromatic heterocycles. The zero-order chi connectivity index (χ0) is 19.7. The van der Waals surface area contributed by atoms with Crippen LogP contribution in [0.4, 0.5) is 5.69 Å². The van der Waals surface area contributed by atoms with Gasteiger partial charge in [0, 0.05) is 42.8 Å². The van der Waals surface area contributed by atoms with Crippen LogP contribution in [0, 0.1) is 18.8 Å². The summed E-state index contributed by atoms with van der Waals surface area (Å²) in [6, 6.07) is 6.89. The van der Waals surface area contributed by atoms with E-state index in [2.05, 4.69) is 17.6 Å². The Labute approximate surface area is 180 Å². The number of likely N-dealkylation sites (tertiary alicyclic amines) is 1. The lowest BCUT2D eigenvalue weighted by Crippen LogP contribution is -2.39. The molecule has 3 saturated heterocycles. The molecule has 0 aliphatic carbocycles. The Kier molecular flexibility index (Phi) is 7.23. The number of aryl methyl sites for hydroxylation is 1. The third-order valence-electron chi connectivity index (χ3n) is 6.86. The highest BCUT2D eigenvalue weighted by molar-refractivity contribution is 5.96. The van der Waals surface area contributed by atoms with Gasteiger partial charge < -0.3 is 15.5 Å². The monoisotopic (exact) mass is 419 g/mol. The topological polar surface area (TPSA) is 61.4 Å². The number of amides is 2. The first-order chi connectivity index (χ1) is 13.5. The number of nitrogens with one attached hydrogen (secondary N) is 2. The molecular weight excluding hydrogens is 386 g/mol. The lowest BCUT2D eigenvalue weighted by atomic mass is 9.89. The van der Waals surface area contributed by atoms with E-state index < -0.39 is 0 Å². The molecule has 1 aromatic rings. The number of anilines is 1. The van der Waals surface area contributed by atoms with Crippen molar-refractivity contribution in [3.63, 3.8) is 0 Å². The summed E-state index contributed by atoms with van der Waals surface area (Å²) in [4.78, 5) is 27.3. The Morgan fingerprint density at radius 3 is 2.38 bits per heavy atom. The second-order valence-electron chi connectivity index (χ2n) is 9.23. The third-order valence-corrected chi connectivity index (χ3v) is 6.86. The largest absolute Gasteiger partial charge is 0.339 e. The average Bonchev–Trinajstić information content (AvgIpc) is 3.01. The zero-order valence-corrected chi connectivity index (χ0v) is 18.4. The number of nitrogens with zero attached hydrogens (tertiary/aromatic N) is 1. The Bertz CT molecular complexity index is 734. The van der Waals surface area contributed by atoms with Crippen molar-refractivity contribution in [3.8, 4) is 0 Å². The van der Waals surface area contributed by atoms with Crippen LogP contribution in [0.2, 0.25) is 0 Å². The quantitative estimate of drug-likeness (QED) is 0.770. The Morgan fingerprint density at radius 1 is 1.10 bits per heavy atom. The SMILES string of the molecule is Cc1cc(C(=O)N2CCC(C)CC2)ccc1NC(=O)CC1CC2CCC(C1)N2.Cl. The number of fused-ring (bicyclic) bond motifs is 2. The molecule has 1 aromatic carbocycles. The van der Waals surface area contributed by atoms with Crippen molar-refractivity contribution in [3.05, 3.63) is 29.3 Å². The predicted octanol–water partition coefficient (Wildman–Crippen LogP) is 4.15. The molecule has 2 atom stereocenters. The summed E-state index contributed by atoms with van der Waals surface area (Å²) in [7, 11) is 0. The van der Waals surface area contributed by atoms with Crippen LogP contribution in [0.5, 0.6) is 0 Å². The van der Waals surface area contributed by atoms with Crippen molar-refractivity contribution in [2.45, 2.75) is 70.9 Å². The molecule has 2 unspecified atom stereocenters. The molecule has 0 spiro atoms. The highest BCUT2D eigenvalue weighted by atomic mass is 35.5. The van der Waals surface area contributed by atoms with E-state index in [1.54, 1.807) is 0 Å². The van der Waals surface area contributed by atoms with E-state index in [1.807, 2.05) is 30.0 Å². The van der Waals surface area contributed by atoms with Gasteiger partial charge in [0.05, 0.1) is 0 Å². The molecule has 6 heteroatoms. The van der Waals surface area contributed by atoms with Gasteiger partial charge in [-0.25, -0.2) is 0 Å². The van der Waals surface area contributed by atoms with E-state index in [1.165, 1.54) is 12.8 Å². The fourth-order valence-corrected chi connectivity index (χ4v) is 5.14. The van der Waals surface area contributed by atoms with Crippen LogP contribution in [0.3, 0.4) is 0 Å². The van der Waals surface area contributed by atoms with E-state index in [0.717, 1.165) is 55.6 Å². The van der Waals surface area contributed by atoms with Crippen LogP contribution in [0.1, 0.15) is 67.8 Å². The second-order valence-corrected chi connectivity index (χ2v) is 9.23. The molecule has 0 saturated carbocycles. The Hall–Kier alpha value is -1.59. The number of piperidine rings is 2. The molecule has 4 rings (SSSR count). The second kappa shape index (κ2) is 9.48. The maximum Gasteiger partial charge on any atom is 0.253 e. The maximum absolute atomic E-state index is 12.8. The molecule has 3 heterocycles. The van der Waals surface area contributed by atoms with Gasteiger partial charge >= 0.3 is 0 Å². The zero-order valence-electron chi connectivity index (χ0n) is 17.6. The van der Waals surface area contributed by atoms with Gasteiger partial charge in [-0.15, -0.1) is 12.4 Å². The minimum Gasteiger partial charge on any atom is -0.339 e. The maximum atomic E-state index is 12.8. The first kappa shape index (κ1) is 22.1. The molecule has 160 valence electrons. The van der Waals surface area contributed by atoms with Crippen LogP contribution in [-0.4, -0.2) is 41.9 Å². The van der Waals surface area contributed by atoms with Crippen LogP contribution in [0.15, 0.2) is 18.2 Å². The van der Waals surface area contributed by atoms with Gasteiger partial charge in [-0.2, -0.15) is 0 Å². The summed E-state index contributed by atoms with van der Waals surface area (Å²) in [5, 5.41) is 6.71. The smallest absolute Gasteiger partial charge is 0.253 e. The first-order valence-corrected chi connectivity index (χ1v) is 10.9.